The van der Waals surface area contributed by atoms with Crippen LogP contribution in [0.5, 0.6) is 0 Å². The van der Waals surface area contributed by atoms with Crippen molar-refractivity contribution in [2.75, 3.05) is 0 Å². The van der Waals surface area contributed by atoms with E-state index in [1.54, 1.807) is 0 Å². The molecule has 1 saturated carbocycles. The molecule has 1 fully saturated rings. The Bertz CT molecular complexity index is 349. The molecule has 2 atom stereocenters. The van der Waals surface area contributed by atoms with Gasteiger partial charge in [-0.3, -0.25) is 4.98 Å². The summed E-state index contributed by atoms with van der Waals surface area (Å²) in [6.07, 6.45) is 6.83. The highest BCUT2D eigenvalue weighted by Gasteiger charge is 2.20. The molecule has 0 aliphatic heterocycles. The monoisotopic (exact) mass is 232 g/mol. The third-order valence-electron chi connectivity index (χ3n) is 3.88. The summed E-state index contributed by atoms with van der Waals surface area (Å²) < 4.78 is 0. The summed E-state index contributed by atoms with van der Waals surface area (Å²) >= 11 is 0. The molecule has 2 unspecified atom stereocenters. The van der Waals surface area contributed by atoms with Crippen molar-refractivity contribution in [3.8, 4) is 0 Å². The first-order chi connectivity index (χ1) is 8.28. The molecular weight excluding hydrogens is 208 g/mol. The lowest BCUT2D eigenvalue weighted by atomic mass is 9.84. The molecule has 2 nitrogen and oxygen atoms in total. The molecule has 1 aliphatic carbocycles. The van der Waals surface area contributed by atoms with Gasteiger partial charge in [-0.15, -0.1) is 0 Å². The van der Waals surface area contributed by atoms with Crippen LogP contribution in [0.25, 0.3) is 0 Å². The molecule has 1 aromatic heterocycles. The maximum Gasteiger partial charge on any atom is 0.0544 e. The Labute approximate surface area is 105 Å². The molecule has 94 valence electrons. The van der Waals surface area contributed by atoms with Gasteiger partial charge in [-0.1, -0.05) is 32.3 Å². The number of hydrogen-bond donors (Lipinski definition) is 1. The molecule has 2 heteroatoms. The number of nitrogens with zero attached hydrogens (tertiary/aromatic N) is 1. The van der Waals surface area contributed by atoms with Gasteiger partial charge in [0.15, 0.2) is 0 Å². The van der Waals surface area contributed by atoms with E-state index in [0.717, 1.165) is 18.2 Å². The van der Waals surface area contributed by atoms with Gasteiger partial charge in [-0.25, -0.2) is 0 Å². The zero-order valence-corrected chi connectivity index (χ0v) is 11.1. The van der Waals surface area contributed by atoms with Crippen LogP contribution in [0.4, 0.5) is 0 Å². The van der Waals surface area contributed by atoms with Gasteiger partial charge < -0.3 is 5.32 Å². The van der Waals surface area contributed by atoms with Crippen LogP contribution in [0.3, 0.4) is 0 Å². The summed E-state index contributed by atoms with van der Waals surface area (Å²) in [6.45, 7) is 5.29. The highest BCUT2D eigenvalue weighted by molar-refractivity contribution is 5.09. The van der Waals surface area contributed by atoms with Gasteiger partial charge in [-0.2, -0.15) is 0 Å². The van der Waals surface area contributed by atoms with E-state index in [1.807, 2.05) is 0 Å². The van der Waals surface area contributed by atoms with E-state index in [0.29, 0.717) is 6.04 Å². The lowest BCUT2D eigenvalue weighted by Gasteiger charge is -2.29. The lowest BCUT2D eigenvalue weighted by Crippen LogP contribution is -2.33. The zero-order valence-electron chi connectivity index (χ0n) is 11.1. The fourth-order valence-electron chi connectivity index (χ4n) is 2.79. The second-order valence-corrected chi connectivity index (χ2v) is 5.29. The van der Waals surface area contributed by atoms with Crippen molar-refractivity contribution in [3.05, 3.63) is 29.6 Å². The van der Waals surface area contributed by atoms with Crippen molar-refractivity contribution in [2.45, 2.75) is 58.5 Å². The highest BCUT2D eigenvalue weighted by atomic mass is 14.9. The van der Waals surface area contributed by atoms with Crippen LogP contribution in [0.1, 0.15) is 50.4 Å². The second-order valence-electron chi connectivity index (χ2n) is 5.29. The quantitative estimate of drug-likeness (QED) is 0.860. The number of aryl methyl sites for hydroxylation is 1. The van der Waals surface area contributed by atoms with Crippen molar-refractivity contribution < 1.29 is 0 Å². The maximum absolute atomic E-state index is 4.53. The van der Waals surface area contributed by atoms with Crippen LogP contribution >= 0.6 is 0 Å². The predicted molar refractivity (Wildman–Crippen MR) is 71.9 cm³/mol. The Morgan fingerprint density at radius 1 is 1.35 bits per heavy atom. The summed E-state index contributed by atoms with van der Waals surface area (Å²) in [5, 5.41) is 3.67. The lowest BCUT2D eigenvalue weighted by molar-refractivity contribution is 0.278. The molecular formula is C15H24N2. The fraction of sp³-hybridized carbons (Fsp3) is 0.667. The number of hydrogen-bond acceptors (Lipinski definition) is 2. The SMILES string of the molecule is CCC1CCCC(NCc2cccc(C)n2)C1. The van der Waals surface area contributed by atoms with Crippen molar-refractivity contribution in [3.63, 3.8) is 0 Å². The second kappa shape index (κ2) is 6.15. The van der Waals surface area contributed by atoms with E-state index < -0.39 is 0 Å². The minimum Gasteiger partial charge on any atom is -0.308 e. The van der Waals surface area contributed by atoms with Crippen LogP contribution in [0.2, 0.25) is 0 Å². The molecule has 0 radical (unpaired) electrons. The van der Waals surface area contributed by atoms with Gasteiger partial charge in [0.1, 0.15) is 0 Å². The molecule has 1 heterocycles. The number of nitrogens with one attached hydrogen (secondary N) is 1. The Hall–Kier alpha value is -0.890. The van der Waals surface area contributed by atoms with Crippen LogP contribution in [-0.2, 0) is 6.54 Å². The third kappa shape index (κ3) is 3.81. The molecule has 17 heavy (non-hydrogen) atoms. The Morgan fingerprint density at radius 3 is 3.00 bits per heavy atom. The molecule has 1 aromatic rings. The van der Waals surface area contributed by atoms with Gasteiger partial charge in [0.2, 0.25) is 0 Å². The zero-order chi connectivity index (χ0) is 12.1. The normalized spacial score (nSPS) is 24.8. The van der Waals surface area contributed by atoms with E-state index in [1.165, 1.54) is 37.8 Å². The number of rotatable bonds is 4. The Morgan fingerprint density at radius 2 is 2.24 bits per heavy atom. The van der Waals surface area contributed by atoms with Crippen molar-refractivity contribution in [1.29, 1.82) is 0 Å². The first-order valence-corrected chi connectivity index (χ1v) is 6.94. The van der Waals surface area contributed by atoms with E-state index in [2.05, 4.69) is 42.3 Å². The molecule has 0 aromatic carbocycles. The summed E-state index contributed by atoms with van der Waals surface area (Å²) in [5.74, 6) is 0.937. The standard InChI is InChI=1S/C15H24N2/c1-3-13-7-5-8-14(10-13)16-11-15-9-4-6-12(2)17-15/h4,6,9,13-14,16H,3,5,7-8,10-11H2,1-2H3. The average Bonchev–Trinajstić information content (AvgIpc) is 2.37. The van der Waals surface area contributed by atoms with Gasteiger partial charge >= 0.3 is 0 Å². The van der Waals surface area contributed by atoms with Crippen LogP contribution in [0.15, 0.2) is 18.2 Å². The predicted octanol–water partition coefficient (Wildman–Crippen LogP) is 3.45. The molecule has 1 aliphatic rings. The number of aromatic nitrogens is 1. The summed E-state index contributed by atoms with van der Waals surface area (Å²) in [6, 6.07) is 6.96. The Kier molecular flexibility index (Phi) is 4.55. The molecule has 0 bridgehead atoms. The molecule has 0 spiro atoms. The smallest absolute Gasteiger partial charge is 0.0544 e. The van der Waals surface area contributed by atoms with Crippen molar-refractivity contribution in [2.24, 2.45) is 5.92 Å². The van der Waals surface area contributed by atoms with Crippen molar-refractivity contribution >= 4 is 0 Å². The Balaban J connectivity index is 1.81. The minimum absolute atomic E-state index is 0.705. The van der Waals surface area contributed by atoms with E-state index in [4.69, 9.17) is 0 Å². The molecule has 1 N–H and O–H groups in total. The van der Waals surface area contributed by atoms with Gasteiger partial charge in [0, 0.05) is 18.3 Å². The van der Waals surface area contributed by atoms with Crippen molar-refractivity contribution in [1.82, 2.24) is 10.3 Å². The van der Waals surface area contributed by atoms with E-state index in [9.17, 15) is 0 Å². The summed E-state index contributed by atoms with van der Waals surface area (Å²) in [5.41, 5.74) is 2.28. The summed E-state index contributed by atoms with van der Waals surface area (Å²) in [4.78, 5) is 4.53. The van der Waals surface area contributed by atoms with Crippen LogP contribution in [0, 0.1) is 12.8 Å². The molecule has 2 rings (SSSR count). The van der Waals surface area contributed by atoms with Gasteiger partial charge in [0.25, 0.3) is 0 Å². The van der Waals surface area contributed by atoms with Crippen LogP contribution in [-0.4, -0.2) is 11.0 Å². The van der Waals surface area contributed by atoms with E-state index >= 15 is 0 Å². The maximum atomic E-state index is 4.53. The summed E-state index contributed by atoms with van der Waals surface area (Å²) in [7, 11) is 0. The topological polar surface area (TPSA) is 24.9 Å². The fourth-order valence-corrected chi connectivity index (χ4v) is 2.79. The average molecular weight is 232 g/mol. The number of pyridine rings is 1. The van der Waals surface area contributed by atoms with Crippen LogP contribution < -0.4 is 5.32 Å². The van der Waals surface area contributed by atoms with Gasteiger partial charge in [0.05, 0.1) is 5.69 Å². The third-order valence-corrected chi connectivity index (χ3v) is 3.88. The first-order valence-electron chi connectivity index (χ1n) is 6.94. The molecule has 0 amide bonds. The minimum atomic E-state index is 0.705. The molecule has 0 saturated heterocycles. The van der Waals surface area contributed by atoms with Gasteiger partial charge in [-0.05, 0) is 37.8 Å². The highest BCUT2D eigenvalue weighted by Crippen LogP contribution is 2.26. The largest absolute Gasteiger partial charge is 0.308 e. The van der Waals surface area contributed by atoms with E-state index in [-0.39, 0.29) is 0 Å². The first kappa shape index (κ1) is 12.6.